The van der Waals surface area contributed by atoms with E-state index in [1.54, 1.807) is 6.07 Å². The minimum atomic E-state index is -0.501. The first-order valence-corrected chi connectivity index (χ1v) is 9.60. The van der Waals surface area contributed by atoms with E-state index in [4.69, 9.17) is 9.47 Å². The van der Waals surface area contributed by atoms with E-state index in [0.717, 1.165) is 22.3 Å². The third kappa shape index (κ3) is 4.24. The number of halogens is 1. The summed E-state index contributed by atoms with van der Waals surface area (Å²) in [5.74, 6) is 0.248. The molecule has 5 heteroatoms. The fourth-order valence-corrected chi connectivity index (χ4v) is 3.54. The highest BCUT2D eigenvalue weighted by molar-refractivity contribution is 5.76. The van der Waals surface area contributed by atoms with Crippen molar-refractivity contribution in [1.29, 1.82) is 0 Å². The van der Waals surface area contributed by atoms with Crippen LogP contribution in [0, 0.1) is 12.7 Å². The molecule has 0 saturated heterocycles. The highest BCUT2D eigenvalue weighted by Gasteiger charge is 2.28. The zero-order valence-corrected chi connectivity index (χ0v) is 16.2. The quantitative estimate of drug-likeness (QED) is 0.664. The summed E-state index contributed by atoms with van der Waals surface area (Å²) in [5.41, 5.74) is 4.14. The van der Waals surface area contributed by atoms with Crippen LogP contribution in [0.4, 0.5) is 9.18 Å². The van der Waals surface area contributed by atoms with Gasteiger partial charge in [0.15, 0.2) is 0 Å². The molecule has 0 aliphatic carbocycles. The molecule has 0 fully saturated rings. The van der Waals surface area contributed by atoms with Crippen LogP contribution >= 0.6 is 0 Å². The molecule has 0 saturated carbocycles. The summed E-state index contributed by atoms with van der Waals surface area (Å²) >= 11 is 0. The molecule has 29 heavy (non-hydrogen) atoms. The fraction of sp³-hybridized carbons (Fsp3) is 0.208. The van der Waals surface area contributed by atoms with Gasteiger partial charge < -0.3 is 14.8 Å². The van der Waals surface area contributed by atoms with Gasteiger partial charge >= 0.3 is 6.09 Å². The topological polar surface area (TPSA) is 47.6 Å². The van der Waals surface area contributed by atoms with Gasteiger partial charge in [0, 0.05) is 6.42 Å². The summed E-state index contributed by atoms with van der Waals surface area (Å²) < 4.78 is 25.9. The van der Waals surface area contributed by atoms with Gasteiger partial charge in [-0.15, -0.1) is 0 Å². The molecule has 0 spiro atoms. The monoisotopic (exact) mass is 391 g/mol. The van der Waals surface area contributed by atoms with Gasteiger partial charge in [-0.3, -0.25) is 0 Å². The number of hydrogen-bond donors (Lipinski definition) is 1. The average molecular weight is 391 g/mol. The molecular formula is C24H22FNO3. The van der Waals surface area contributed by atoms with Gasteiger partial charge in [-0.05, 0) is 35.2 Å². The summed E-state index contributed by atoms with van der Waals surface area (Å²) in [6.45, 7) is 2.45. The van der Waals surface area contributed by atoms with Crippen LogP contribution in [0.25, 0.3) is 11.1 Å². The SMILES string of the molecule is Cc1ccccc1-c1c(F)ccc2c1OC(CNC(=O)OCc1ccccc1)C2. The first-order valence-electron chi connectivity index (χ1n) is 9.60. The third-order valence-corrected chi connectivity index (χ3v) is 5.02. The van der Waals surface area contributed by atoms with Crippen LogP contribution in [0.1, 0.15) is 16.7 Å². The van der Waals surface area contributed by atoms with Crippen molar-refractivity contribution in [3.63, 3.8) is 0 Å². The smallest absolute Gasteiger partial charge is 0.407 e. The number of carbonyl (C=O) groups excluding carboxylic acids is 1. The normalized spacial score (nSPS) is 14.8. The molecule has 4 nitrogen and oxygen atoms in total. The lowest BCUT2D eigenvalue weighted by molar-refractivity contribution is 0.133. The number of nitrogens with one attached hydrogen (secondary N) is 1. The molecule has 1 aliphatic heterocycles. The van der Waals surface area contributed by atoms with Crippen LogP contribution in [-0.4, -0.2) is 18.7 Å². The Morgan fingerprint density at radius 1 is 1.10 bits per heavy atom. The Bertz CT molecular complexity index is 1020. The predicted octanol–water partition coefficient (Wildman–Crippen LogP) is 5.03. The second-order valence-electron chi connectivity index (χ2n) is 7.11. The van der Waals surface area contributed by atoms with Crippen molar-refractivity contribution < 1.29 is 18.7 Å². The molecule has 1 unspecified atom stereocenters. The molecule has 1 heterocycles. The van der Waals surface area contributed by atoms with Gasteiger partial charge in [0.1, 0.15) is 24.3 Å². The molecule has 1 amide bonds. The van der Waals surface area contributed by atoms with Gasteiger partial charge in [-0.1, -0.05) is 60.7 Å². The molecule has 4 rings (SSSR count). The van der Waals surface area contributed by atoms with Crippen molar-refractivity contribution in [1.82, 2.24) is 5.32 Å². The van der Waals surface area contributed by atoms with Crippen molar-refractivity contribution >= 4 is 6.09 Å². The zero-order chi connectivity index (χ0) is 20.2. The van der Waals surface area contributed by atoms with Crippen LogP contribution < -0.4 is 10.1 Å². The molecule has 1 atom stereocenters. The summed E-state index contributed by atoms with van der Waals surface area (Å²) in [6, 6.07) is 20.4. The number of rotatable bonds is 5. The van der Waals surface area contributed by atoms with Gasteiger partial charge in [0.25, 0.3) is 0 Å². The molecule has 1 aliphatic rings. The van der Waals surface area contributed by atoms with E-state index in [0.29, 0.717) is 17.7 Å². The summed E-state index contributed by atoms with van der Waals surface area (Å²) in [5, 5.41) is 2.74. The zero-order valence-electron chi connectivity index (χ0n) is 16.2. The summed E-state index contributed by atoms with van der Waals surface area (Å²) in [4.78, 5) is 12.0. The van der Waals surface area contributed by atoms with Crippen molar-refractivity contribution in [3.05, 3.63) is 89.2 Å². The Morgan fingerprint density at radius 2 is 1.86 bits per heavy atom. The van der Waals surface area contributed by atoms with E-state index in [1.165, 1.54) is 6.07 Å². The van der Waals surface area contributed by atoms with E-state index in [1.807, 2.05) is 61.5 Å². The van der Waals surface area contributed by atoms with E-state index in [9.17, 15) is 9.18 Å². The van der Waals surface area contributed by atoms with Crippen LogP contribution in [0.15, 0.2) is 66.7 Å². The Labute approximate surface area is 169 Å². The molecule has 0 radical (unpaired) electrons. The maximum atomic E-state index is 14.6. The van der Waals surface area contributed by atoms with Crippen molar-refractivity contribution in [2.75, 3.05) is 6.54 Å². The highest BCUT2D eigenvalue weighted by atomic mass is 19.1. The van der Waals surface area contributed by atoms with E-state index in [2.05, 4.69) is 5.32 Å². The maximum Gasteiger partial charge on any atom is 0.407 e. The Kier molecular flexibility index (Phi) is 5.47. The number of hydrogen-bond acceptors (Lipinski definition) is 3. The second-order valence-corrected chi connectivity index (χ2v) is 7.11. The van der Waals surface area contributed by atoms with Gasteiger partial charge in [0.05, 0.1) is 12.1 Å². The number of benzene rings is 3. The van der Waals surface area contributed by atoms with Crippen molar-refractivity contribution in [2.24, 2.45) is 0 Å². The first kappa shape index (κ1) is 19.0. The van der Waals surface area contributed by atoms with E-state index < -0.39 is 6.09 Å². The number of fused-ring (bicyclic) bond motifs is 1. The van der Waals surface area contributed by atoms with Gasteiger partial charge in [-0.2, -0.15) is 0 Å². The van der Waals surface area contributed by atoms with Gasteiger partial charge in [0.2, 0.25) is 0 Å². The molecule has 3 aromatic rings. The average Bonchev–Trinajstić information content (AvgIpc) is 3.15. The van der Waals surface area contributed by atoms with E-state index in [-0.39, 0.29) is 25.1 Å². The van der Waals surface area contributed by atoms with Crippen LogP contribution in [0.3, 0.4) is 0 Å². The molecule has 0 aromatic heterocycles. The van der Waals surface area contributed by atoms with Crippen LogP contribution in [0.2, 0.25) is 0 Å². The first-order chi connectivity index (χ1) is 14.1. The summed E-state index contributed by atoms with van der Waals surface area (Å²) in [7, 11) is 0. The lowest BCUT2D eigenvalue weighted by atomic mass is 9.96. The molecule has 0 bridgehead atoms. The number of amides is 1. The molecule has 1 N–H and O–H groups in total. The lowest BCUT2D eigenvalue weighted by Crippen LogP contribution is -2.34. The third-order valence-electron chi connectivity index (χ3n) is 5.02. The largest absolute Gasteiger partial charge is 0.487 e. The Balaban J connectivity index is 1.40. The minimum Gasteiger partial charge on any atom is -0.487 e. The number of alkyl carbamates (subject to hydrolysis) is 1. The van der Waals surface area contributed by atoms with Crippen molar-refractivity contribution in [3.8, 4) is 16.9 Å². The second kappa shape index (κ2) is 8.35. The van der Waals surface area contributed by atoms with Gasteiger partial charge in [-0.25, -0.2) is 9.18 Å². The summed E-state index contributed by atoms with van der Waals surface area (Å²) in [6.07, 6.45) is -0.162. The number of aryl methyl sites for hydroxylation is 1. The van der Waals surface area contributed by atoms with E-state index >= 15 is 0 Å². The van der Waals surface area contributed by atoms with Crippen molar-refractivity contribution in [2.45, 2.75) is 26.1 Å². The molecule has 3 aromatic carbocycles. The van der Waals surface area contributed by atoms with Crippen LogP contribution in [0.5, 0.6) is 5.75 Å². The molecule has 148 valence electrons. The molecular weight excluding hydrogens is 369 g/mol. The maximum absolute atomic E-state index is 14.6. The lowest BCUT2D eigenvalue weighted by Gasteiger charge is -2.15. The minimum absolute atomic E-state index is 0.209. The van der Waals surface area contributed by atoms with Crippen LogP contribution in [-0.2, 0) is 17.8 Å². The Hall–Kier alpha value is -3.34. The number of carbonyl (C=O) groups is 1. The Morgan fingerprint density at radius 3 is 2.66 bits per heavy atom. The fourth-order valence-electron chi connectivity index (χ4n) is 3.54. The number of ether oxygens (including phenoxy) is 2. The predicted molar refractivity (Wildman–Crippen MR) is 109 cm³/mol. The standard InChI is InChI=1S/C24H22FNO3/c1-16-7-5-6-10-20(16)22-21(25)12-11-18-13-19(29-23(18)22)14-26-24(27)28-15-17-8-3-2-4-9-17/h2-12,19H,13-15H2,1H3,(H,26,27). The highest BCUT2D eigenvalue weighted by Crippen LogP contribution is 2.41.